The Morgan fingerprint density at radius 1 is 1.04 bits per heavy atom. The van der Waals surface area contributed by atoms with Crippen LogP contribution in [0, 0.1) is 6.92 Å². The standard InChI is InChI=1S/C22H26N4O.HI/c1-17-8-3-6-11-21(17)27-15-7-13-25-22(23-2)26-16-18-12-14-24-20-10-5-4-9-19(18)20;/h3-6,8-12,14H,7,13,15-16H2,1-2H3,(H2,23,25,26);1H. The summed E-state index contributed by atoms with van der Waals surface area (Å²) < 4.78 is 5.82. The highest BCUT2D eigenvalue weighted by Crippen LogP contribution is 2.16. The average Bonchev–Trinajstić information content (AvgIpc) is 2.71. The highest BCUT2D eigenvalue weighted by Gasteiger charge is 2.03. The van der Waals surface area contributed by atoms with Crippen LogP contribution >= 0.6 is 24.0 Å². The van der Waals surface area contributed by atoms with Crippen LogP contribution in [-0.4, -0.2) is 31.1 Å². The van der Waals surface area contributed by atoms with Crippen molar-refractivity contribution in [2.75, 3.05) is 20.2 Å². The lowest BCUT2D eigenvalue weighted by molar-refractivity contribution is 0.309. The van der Waals surface area contributed by atoms with Crippen molar-refractivity contribution in [1.82, 2.24) is 15.6 Å². The first kappa shape index (κ1) is 21.9. The van der Waals surface area contributed by atoms with Crippen molar-refractivity contribution in [3.63, 3.8) is 0 Å². The molecule has 2 N–H and O–H groups in total. The molecule has 3 rings (SSSR count). The molecule has 0 atom stereocenters. The van der Waals surface area contributed by atoms with Crippen molar-refractivity contribution in [3.8, 4) is 5.75 Å². The number of halogens is 1. The number of para-hydroxylation sites is 2. The minimum absolute atomic E-state index is 0. The van der Waals surface area contributed by atoms with Crippen molar-refractivity contribution in [3.05, 3.63) is 71.9 Å². The van der Waals surface area contributed by atoms with E-state index in [1.54, 1.807) is 7.05 Å². The third kappa shape index (κ3) is 6.09. The summed E-state index contributed by atoms with van der Waals surface area (Å²) in [6.07, 6.45) is 2.74. The maximum atomic E-state index is 5.82. The van der Waals surface area contributed by atoms with E-state index in [0.29, 0.717) is 13.2 Å². The molecule has 6 heteroatoms. The Labute approximate surface area is 183 Å². The number of rotatable bonds is 7. The molecular formula is C22H27IN4O. The van der Waals surface area contributed by atoms with Crippen LogP contribution in [0.5, 0.6) is 5.75 Å². The van der Waals surface area contributed by atoms with E-state index in [-0.39, 0.29) is 24.0 Å². The summed E-state index contributed by atoms with van der Waals surface area (Å²) in [6.45, 7) is 4.22. The molecule has 0 unspecified atom stereocenters. The molecule has 0 bridgehead atoms. The molecule has 5 nitrogen and oxygen atoms in total. The van der Waals surface area contributed by atoms with Crippen LogP contribution in [-0.2, 0) is 6.54 Å². The molecule has 3 aromatic rings. The molecule has 148 valence electrons. The largest absolute Gasteiger partial charge is 0.493 e. The molecule has 0 fully saturated rings. The lowest BCUT2D eigenvalue weighted by Gasteiger charge is -2.13. The van der Waals surface area contributed by atoms with Crippen molar-refractivity contribution in [1.29, 1.82) is 0 Å². The number of aryl methyl sites for hydroxylation is 1. The van der Waals surface area contributed by atoms with Crippen molar-refractivity contribution in [2.24, 2.45) is 4.99 Å². The summed E-state index contributed by atoms with van der Waals surface area (Å²) in [6, 6.07) is 18.3. The first-order chi connectivity index (χ1) is 13.3. The number of aliphatic imine (C=N–C) groups is 1. The quantitative estimate of drug-likeness (QED) is 0.225. The Morgan fingerprint density at radius 3 is 2.64 bits per heavy atom. The molecule has 28 heavy (non-hydrogen) atoms. The summed E-state index contributed by atoms with van der Waals surface area (Å²) in [5, 5.41) is 7.86. The maximum absolute atomic E-state index is 5.82. The number of guanidine groups is 1. The first-order valence-corrected chi connectivity index (χ1v) is 9.23. The fourth-order valence-electron chi connectivity index (χ4n) is 2.89. The Hall–Kier alpha value is -2.35. The molecule has 0 aliphatic heterocycles. The number of hydrogen-bond acceptors (Lipinski definition) is 3. The van der Waals surface area contributed by atoms with Gasteiger partial charge in [0.1, 0.15) is 5.75 Å². The molecule has 0 amide bonds. The molecule has 2 aromatic carbocycles. The van der Waals surface area contributed by atoms with E-state index in [4.69, 9.17) is 4.74 Å². The number of ether oxygens (including phenoxy) is 1. The van der Waals surface area contributed by atoms with Gasteiger partial charge in [-0.25, -0.2) is 0 Å². The molecule has 0 radical (unpaired) electrons. The van der Waals surface area contributed by atoms with E-state index in [9.17, 15) is 0 Å². The zero-order valence-electron chi connectivity index (χ0n) is 16.3. The van der Waals surface area contributed by atoms with Gasteiger partial charge in [-0.05, 0) is 42.7 Å². The monoisotopic (exact) mass is 490 g/mol. The average molecular weight is 490 g/mol. The van der Waals surface area contributed by atoms with Crippen LogP contribution in [0.4, 0.5) is 0 Å². The van der Waals surface area contributed by atoms with E-state index >= 15 is 0 Å². The van der Waals surface area contributed by atoms with E-state index in [0.717, 1.165) is 41.1 Å². The second-order valence-electron chi connectivity index (χ2n) is 6.31. The fraction of sp³-hybridized carbons (Fsp3) is 0.273. The van der Waals surface area contributed by atoms with Gasteiger partial charge in [-0.15, -0.1) is 24.0 Å². The van der Waals surface area contributed by atoms with Gasteiger partial charge < -0.3 is 15.4 Å². The zero-order valence-corrected chi connectivity index (χ0v) is 18.6. The van der Waals surface area contributed by atoms with Gasteiger partial charge >= 0.3 is 0 Å². The SMILES string of the molecule is CN=C(NCCCOc1ccccc1C)NCc1ccnc2ccccc12.I. The zero-order chi connectivity index (χ0) is 18.9. The maximum Gasteiger partial charge on any atom is 0.191 e. The van der Waals surface area contributed by atoms with Crippen LogP contribution < -0.4 is 15.4 Å². The number of nitrogens with zero attached hydrogens (tertiary/aromatic N) is 2. The van der Waals surface area contributed by atoms with Gasteiger partial charge in [-0.3, -0.25) is 9.98 Å². The van der Waals surface area contributed by atoms with Gasteiger partial charge in [0.25, 0.3) is 0 Å². The van der Waals surface area contributed by atoms with E-state index in [1.807, 2.05) is 48.7 Å². The van der Waals surface area contributed by atoms with Gasteiger partial charge in [-0.2, -0.15) is 0 Å². The predicted molar refractivity (Wildman–Crippen MR) is 127 cm³/mol. The summed E-state index contributed by atoms with van der Waals surface area (Å²) in [5.41, 5.74) is 3.37. The van der Waals surface area contributed by atoms with Gasteiger partial charge in [0, 0.05) is 31.7 Å². The highest BCUT2D eigenvalue weighted by molar-refractivity contribution is 14.0. The van der Waals surface area contributed by atoms with Gasteiger partial charge in [0.05, 0.1) is 12.1 Å². The molecule has 1 heterocycles. The van der Waals surface area contributed by atoms with Crippen molar-refractivity contribution < 1.29 is 4.74 Å². The number of pyridine rings is 1. The normalized spacial score (nSPS) is 11.0. The topological polar surface area (TPSA) is 58.5 Å². The number of fused-ring (bicyclic) bond motifs is 1. The Morgan fingerprint density at radius 2 is 1.82 bits per heavy atom. The number of aromatic nitrogens is 1. The summed E-state index contributed by atoms with van der Waals surface area (Å²) in [4.78, 5) is 8.69. The van der Waals surface area contributed by atoms with E-state index in [2.05, 4.69) is 39.7 Å². The number of nitrogens with one attached hydrogen (secondary N) is 2. The molecular weight excluding hydrogens is 463 g/mol. The minimum Gasteiger partial charge on any atom is -0.493 e. The van der Waals surface area contributed by atoms with Crippen LogP contribution in [0.2, 0.25) is 0 Å². The van der Waals surface area contributed by atoms with E-state index in [1.165, 1.54) is 5.56 Å². The molecule has 0 saturated carbocycles. The summed E-state index contributed by atoms with van der Waals surface area (Å²) in [7, 11) is 1.78. The minimum atomic E-state index is 0. The molecule has 0 saturated heterocycles. The number of hydrogen-bond donors (Lipinski definition) is 2. The smallest absolute Gasteiger partial charge is 0.191 e. The summed E-state index contributed by atoms with van der Waals surface area (Å²) in [5.74, 6) is 1.73. The van der Waals surface area contributed by atoms with Crippen molar-refractivity contribution in [2.45, 2.75) is 19.9 Å². The number of benzene rings is 2. The van der Waals surface area contributed by atoms with E-state index < -0.39 is 0 Å². The van der Waals surface area contributed by atoms with Crippen LogP contribution in [0.15, 0.2) is 65.8 Å². The Bertz CT molecular complexity index is 908. The van der Waals surface area contributed by atoms with Crippen LogP contribution in [0.3, 0.4) is 0 Å². The second-order valence-corrected chi connectivity index (χ2v) is 6.31. The van der Waals surface area contributed by atoms with Crippen molar-refractivity contribution >= 4 is 40.8 Å². The third-order valence-electron chi connectivity index (χ3n) is 4.37. The van der Waals surface area contributed by atoms with Gasteiger partial charge in [0.15, 0.2) is 5.96 Å². The molecule has 0 aliphatic carbocycles. The molecule has 0 spiro atoms. The van der Waals surface area contributed by atoms with Gasteiger partial charge in [0.2, 0.25) is 0 Å². The lowest BCUT2D eigenvalue weighted by atomic mass is 10.1. The second kappa shape index (κ2) is 11.5. The van der Waals surface area contributed by atoms with Crippen LogP contribution in [0.1, 0.15) is 17.5 Å². The third-order valence-corrected chi connectivity index (χ3v) is 4.37. The summed E-state index contributed by atoms with van der Waals surface area (Å²) >= 11 is 0. The lowest BCUT2D eigenvalue weighted by Crippen LogP contribution is -2.37. The highest BCUT2D eigenvalue weighted by atomic mass is 127. The predicted octanol–water partition coefficient (Wildman–Crippen LogP) is 4.30. The fourth-order valence-corrected chi connectivity index (χ4v) is 2.89. The Balaban J connectivity index is 0.00000280. The molecule has 1 aromatic heterocycles. The first-order valence-electron chi connectivity index (χ1n) is 9.23. The van der Waals surface area contributed by atoms with Gasteiger partial charge in [-0.1, -0.05) is 36.4 Å². The Kier molecular flexibility index (Phi) is 9.00. The van der Waals surface area contributed by atoms with Crippen LogP contribution in [0.25, 0.3) is 10.9 Å². The molecule has 0 aliphatic rings.